The van der Waals surface area contributed by atoms with Crippen LogP contribution in [0.5, 0.6) is 0 Å². The van der Waals surface area contributed by atoms with Gasteiger partial charge in [-0.2, -0.15) is 0 Å². The molecule has 1 heterocycles. The van der Waals surface area contributed by atoms with Gasteiger partial charge in [-0.15, -0.1) is 0 Å². The summed E-state index contributed by atoms with van der Waals surface area (Å²) >= 11 is 0. The molecule has 0 radical (unpaired) electrons. The van der Waals surface area contributed by atoms with Crippen LogP contribution in [-0.2, 0) is 4.79 Å². The van der Waals surface area contributed by atoms with Crippen molar-refractivity contribution in [2.24, 2.45) is 0 Å². The Labute approximate surface area is 114 Å². The van der Waals surface area contributed by atoms with Gasteiger partial charge in [-0.25, -0.2) is 0 Å². The minimum Gasteiger partial charge on any atom is -0.399 e. The summed E-state index contributed by atoms with van der Waals surface area (Å²) in [5.74, 6) is 0. The van der Waals surface area contributed by atoms with Gasteiger partial charge in [0, 0.05) is 43.2 Å². The molecule has 19 heavy (non-hydrogen) atoms. The second kappa shape index (κ2) is 5.78. The number of rotatable bonds is 3. The van der Waals surface area contributed by atoms with Crippen LogP contribution in [0.1, 0.15) is 24.8 Å². The van der Waals surface area contributed by atoms with E-state index in [4.69, 9.17) is 5.73 Å². The lowest BCUT2D eigenvalue weighted by molar-refractivity contribution is -0.105. The van der Waals surface area contributed by atoms with Gasteiger partial charge in [-0.05, 0) is 37.5 Å². The van der Waals surface area contributed by atoms with Gasteiger partial charge in [-0.1, -0.05) is 0 Å². The third-order valence-electron chi connectivity index (χ3n) is 3.41. The van der Waals surface area contributed by atoms with Crippen molar-refractivity contribution >= 4 is 23.4 Å². The minimum absolute atomic E-state index is 0.712. The van der Waals surface area contributed by atoms with Gasteiger partial charge < -0.3 is 16.0 Å². The van der Waals surface area contributed by atoms with E-state index in [0.29, 0.717) is 5.69 Å². The predicted molar refractivity (Wildman–Crippen MR) is 80.0 cm³/mol. The number of nitrogens with two attached hydrogens (primary N) is 1. The van der Waals surface area contributed by atoms with Gasteiger partial charge in [0.15, 0.2) is 0 Å². The maximum Gasteiger partial charge on any atom is 0.148 e. The Morgan fingerprint density at radius 3 is 2.79 bits per heavy atom. The molecule has 0 amide bonds. The number of hydrogen-bond acceptors (Lipinski definition) is 4. The average molecular weight is 259 g/mol. The van der Waals surface area contributed by atoms with Crippen LogP contribution in [0.25, 0.3) is 5.70 Å². The lowest BCUT2D eigenvalue weighted by atomic mass is 10.0. The molecule has 1 aliphatic rings. The van der Waals surface area contributed by atoms with E-state index < -0.39 is 0 Å². The maximum absolute atomic E-state index is 11.3. The summed E-state index contributed by atoms with van der Waals surface area (Å²) < 4.78 is 0. The molecule has 0 unspecified atom stereocenters. The van der Waals surface area contributed by atoms with Gasteiger partial charge in [0.05, 0.1) is 5.70 Å². The third kappa shape index (κ3) is 2.89. The number of carbonyl (C=O) groups excluding carboxylic acids is 1. The maximum atomic E-state index is 11.3. The fourth-order valence-corrected chi connectivity index (χ4v) is 2.42. The molecule has 1 aliphatic heterocycles. The van der Waals surface area contributed by atoms with Gasteiger partial charge in [0.2, 0.25) is 0 Å². The van der Waals surface area contributed by atoms with Crippen LogP contribution >= 0.6 is 0 Å². The van der Waals surface area contributed by atoms with Gasteiger partial charge in [0.1, 0.15) is 6.29 Å². The summed E-state index contributed by atoms with van der Waals surface area (Å²) in [4.78, 5) is 13.4. The number of aldehydes is 1. The standard InChI is InChI=1S/C15H21N3O/c1-18(2)14-7-6-12(16)9-13(14)15-11(10-19)5-3-4-8-17-15/h6-7,9-10,17H,3-5,8,16H2,1-2H3. The van der Waals surface area contributed by atoms with Crippen LogP contribution in [0.2, 0.25) is 0 Å². The average Bonchev–Trinajstić information content (AvgIpc) is 2.63. The molecule has 0 aliphatic carbocycles. The first-order valence-corrected chi connectivity index (χ1v) is 6.63. The molecular weight excluding hydrogens is 238 g/mol. The lowest BCUT2D eigenvalue weighted by Gasteiger charge is -2.21. The van der Waals surface area contributed by atoms with Crippen LogP contribution in [0.4, 0.5) is 11.4 Å². The Morgan fingerprint density at radius 2 is 2.11 bits per heavy atom. The number of nitrogen functional groups attached to an aromatic ring is 1. The van der Waals surface area contributed by atoms with E-state index in [1.54, 1.807) is 0 Å². The van der Waals surface area contributed by atoms with Crippen molar-refractivity contribution in [3.05, 3.63) is 29.3 Å². The van der Waals surface area contributed by atoms with Crippen molar-refractivity contribution in [3.63, 3.8) is 0 Å². The first kappa shape index (κ1) is 13.5. The molecule has 4 heteroatoms. The van der Waals surface area contributed by atoms with Crippen molar-refractivity contribution in [2.75, 3.05) is 31.3 Å². The number of nitrogens with zero attached hydrogens (tertiary/aromatic N) is 1. The number of carbonyl (C=O) groups is 1. The zero-order chi connectivity index (χ0) is 13.8. The van der Waals surface area contributed by atoms with E-state index in [9.17, 15) is 4.79 Å². The fourth-order valence-electron chi connectivity index (χ4n) is 2.42. The molecule has 1 aromatic carbocycles. The van der Waals surface area contributed by atoms with E-state index in [-0.39, 0.29) is 0 Å². The largest absolute Gasteiger partial charge is 0.399 e. The summed E-state index contributed by atoms with van der Waals surface area (Å²) in [5, 5.41) is 3.39. The molecular formula is C15H21N3O. The summed E-state index contributed by atoms with van der Waals surface area (Å²) in [5.41, 5.74) is 10.5. The number of hydrogen-bond donors (Lipinski definition) is 2. The normalized spacial score (nSPS) is 15.7. The molecule has 3 N–H and O–H groups in total. The number of allylic oxidation sites excluding steroid dienone is 1. The Bertz CT molecular complexity index is 506. The predicted octanol–water partition coefficient (Wildman–Crippen LogP) is 2.02. The lowest BCUT2D eigenvalue weighted by Crippen LogP contribution is -2.18. The summed E-state index contributed by atoms with van der Waals surface area (Å²) in [6, 6.07) is 5.82. The third-order valence-corrected chi connectivity index (χ3v) is 3.41. The van der Waals surface area contributed by atoms with Crippen molar-refractivity contribution in [2.45, 2.75) is 19.3 Å². The quantitative estimate of drug-likeness (QED) is 0.644. The SMILES string of the molecule is CN(C)c1ccc(N)cc1C1=C(C=O)CCCCN1. The Morgan fingerprint density at radius 1 is 1.32 bits per heavy atom. The van der Waals surface area contributed by atoms with Gasteiger partial charge in [0.25, 0.3) is 0 Å². The van der Waals surface area contributed by atoms with Crippen molar-refractivity contribution in [3.8, 4) is 0 Å². The van der Waals surface area contributed by atoms with E-state index >= 15 is 0 Å². The number of nitrogens with one attached hydrogen (secondary N) is 1. The number of anilines is 2. The molecule has 0 saturated carbocycles. The molecule has 2 rings (SSSR count). The highest BCUT2D eigenvalue weighted by Gasteiger charge is 2.16. The van der Waals surface area contributed by atoms with Gasteiger partial charge >= 0.3 is 0 Å². The first-order chi connectivity index (χ1) is 9.13. The molecule has 0 spiro atoms. The molecule has 102 valence electrons. The second-order valence-electron chi connectivity index (χ2n) is 5.07. The van der Waals surface area contributed by atoms with Crippen LogP contribution < -0.4 is 16.0 Å². The Kier molecular flexibility index (Phi) is 4.10. The Hall–Kier alpha value is -1.97. The highest BCUT2D eigenvalue weighted by molar-refractivity contribution is 5.91. The monoisotopic (exact) mass is 259 g/mol. The van der Waals surface area contributed by atoms with E-state index in [2.05, 4.69) is 5.32 Å². The molecule has 4 nitrogen and oxygen atoms in total. The highest BCUT2D eigenvalue weighted by atomic mass is 16.1. The van der Waals surface area contributed by atoms with Crippen LogP contribution in [0.3, 0.4) is 0 Å². The molecule has 0 fully saturated rings. The molecule has 0 bridgehead atoms. The van der Waals surface area contributed by atoms with Crippen molar-refractivity contribution in [1.82, 2.24) is 5.32 Å². The second-order valence-corrected chi connectivity index (χ2v) is 5.07. The highest BCUT2D eigenvalue weighted by Crippen LogP contribution is 2.30. The van der Waals surface area contributed by atoms with Crippen LogP contribution in [0, 0.1) is 0 Å². The molecule has 1 aromatic rings. The number of benzene rings is 1. The summed E-state index contributed by atoms with van der Waals surface area (Å²) in [6.07, 6.45) is 3.93. The minimum atomic E-state index is 0.712. The van der Waals surface area contributed by atoms with E-state index in [0.717, 1.165) is 54.6 Å². The van der Waals surface area contributed by atoms with Crippen molar-refractivity contribution in [1.29, 1.82) is 0 Å². The van der Waals surface area contributed by atoms with Crippen LogP contribution in [-0.4, -0.2) is 26.9 Å². The van der Waals surface area contributed by atoms with Crippen LogP contribution in [0.15, 0.2) is 23.8 Å². The van der Waals surface area contributed by atoms with E-state index in [1.165, 1.54) is 0 Å². The fraction of sp³-hybridized carbons (Fsp3) is 0.400. The molecule has 0 aromatic heterocycles. The summed E-state index contributed by atoms with van der Waals surface area (Å²) in [7, 11) is 3.99. The van der Waals surface area contributed by atoms with Gasteiger partial charge in [-0.3, -0.25) is 4.79 Å². The first-order valence-electron chi connectivity index (χ1n) is 6.63. The van der Waals surface area contributed by atoms with Crippen molar-refractivity contribution < 1.29 is 4.79 Å². The Balaban J connectivity index is 2.57. The van der Waals surface area contributed by atoms with E-state index in [1.807, 2.05) is 37.2 Å². The molecule has 0 saturated heterocycles. The zero-order valence-electron chi connectivity index (χ0n) is 11.6. The topological polar surface area (TPSA) is 58.4 Å². The zero-order valence-corrected chi connectivity index (χ0v) is 11.6. The smallest absolute Gasteiger partial charge is 0.148 e. The summed E-state index contributed by atoms with van der Waals surface area (Å²) in [6.45, 7) is 0.897. The molecule has 0 atom stereocenters.